The van der Waals surface area contributed by atoms with Crippen LogP contribution in [-0.2, 0) is 9.53 Å². The molecule has 0 bridgehead atoms. The molecular weight excluding hydrogens is 260 g/mol. The molecule has 1 amide bonds. The number of amides is 1. The topological polar surface area (TPSA) is 51.2 Å². The third-order valence-electron chi connectivity index (χ3n) is 3.34. The molecule has 1 aliphatic rings. The lowest BCUT2D eigenvalue weighted by molar-refractivity contribution is -0.118. The number of carbonyl (C=O) groups is 1. The van der Waals surface area contributed by atoms with Crippen LogP contribution in [0.25, 0.3) is 10.2 Å². The third-order valence-corrected chi connectivity index (χ3v) is 4.15. The average Bonchev–Trinajstić information content (AvgIpc) is 2.87. The van der Waals surface area contributed by atoms with E-state index in [0.29, 0.717) is 18.9 Å². The van der Waals surface area contributed by atoms with E-state index in [0.717, 1.165) is 35.4 Å². The molecule has 2 heterocycles. The summed E-state index contributed by atoms with van der Waals surface area (Å²) in [6, 6.07) is 5.84. The highest BCUT2D eigenvalue weighted by atomic mass is 32.1. The zero-order chi connectivity index (χ0) is 13.1. The van der Waals surface area contributed by atoms with E-state index in [-0.39, 0.29) is 5.91 Å². The maximum absolute atomic E-state index is 12.0. The molecule has 0 spiro atoms. The van der Waals surface area contributed by atoms with Crippen LogP contribution in [0.4, 0.5) is 5.69 Å². The van der Waals surface area contributed by atoms with Gasteiger partial charge < -0.3 is 10.1 Å². The van der Waals surface area contributed by atoms with Crippen molar-refractivity contribution in [2.75, 3.05) is 18.5 Å². The van der Waals surface area contributed by atoms with Crippen LogP contribution in [0.15, 0.2) is 23.7 Å². The minimum atomic E-state index is 0.0603. The van der Waals surface area contributed by atoms with Gasteiger partial charge in [0.2, 0.25) is 5.91 Å². The van der Waals surface area contributed by atoms with Gasteiger partial charge in [-0.1, -0.05) is 0 Å². The van der Waals surface area contributed by atoms with E-state index in [1.165, 1.54) is 0 Å². The molecule has 1 fully saturated rings. The first-order valence-electron chi connectivity index (χ1n) is 6.52. The molecule has 1 aromatic carbocycles. The van der Waals surface area contributed by atoms with Gasteiger partial charge in [0.25, 0.3) is 0 Å². The standard InChI is InChI=1S/C14H16N2O2S/c17-14(6-10-2-1-5-18-8-10)16-11-3-4-13-12(7-11)15-9-19-13/h3-4,7,9-10H,1-2,5-6,8H2,(H,16,17). The fourth-order valence-corrected chi connectivity index (χ4v) is 3.04. The summed E-state index contributed by atoms with van der Waals surface area (Å²) in [4.78, 5) is 16.2. The summed E-state index contributed by atoms with van der Waals surface area (Å²) in [6.45, 7) is 1.54. The smallest absolute Gasteiger partial charge is 0.224 e. The van der Waals surface area contributed by atoms with Crippen LogP contribution in [-0.4, -0.2) is 24.1 Å². The van der Waals surface area contributed by atoms with E-state index >= 15 is 0 Å². The number of benzene rings is 1. The average molecular weight is 276 g/mol. The summed E-state index contributed by atoms with van der Waals surface area (Å²) in [5.74, 6) is 0.418. The predicted molar refractivity (Wildman–Crippen MR) is 76.4 cm³/mol. The molecule has 100 valence electrons. The Morgan fingerprint density at radius 2 is 2.47 bits per heavy atom. The number of hydrogen-bond donors (Lipinski definition) is 1. The summed E-state index contributed by atoms with van der Waals surface area (Å²) in [5.41, 5.74) is 3.57. The highest BCUT2D eigenvalue weighted by molar-refractivity contribution is 7.16. The number of hydrogen-bond acceptors (Lipinski definition) is 4. The molecule has 0 aliphatic carbocycles. The second kappa shape index (κ2) is 5.67. The summed E-state index contributed by atoms with van der Waals surface area (Å²) in [6.07, 6.45) is 2.68. The van der Waals surface area contributed by atoms with Crippen molar-refractivity contribution in [1.82, 2.24) is 4.98 Å². The number of fused-ring (bicyclic) bond motifs is 1. The zero-order valence-corrected chi connectivity index (χ0v) is 11.4. The van der Waals surface area contributed by atoms with Gasteiger partial charge in [-0.25, -0.2) is 4.98 Å². The van der Waals surface area contributed by atoms with Crippen molar-refractivity contribution < 1.29 is 9.53 Å². The Labute approximate surface area is 115 Å². The van der Waals surface area contributed by atoms with E-state index < -0.39 is 0 Å². The quantitative estimate of drug-likeness (QED) is 0.937. The van der Waals surface area contributed by atoms with Crippen molar-refractivity contribution >= 4 is 33.1 Å². The minimum absolute atomic E-state index is 0.0603. The Morgan fingerprint density at radius 3 is 3.32 bits per heavy atom. The second-order valence-corrected chi connectivity index (χ2v) is 5.76. The van der Waals surface area contributed by atoms with Gasteiger partial charge in [-0.3, -0.25) is 4.79 Å². The largest absolute Gasteiger partial charge is 0.381 e. The van der Waals surface area contributed by atoms with Gasteiger partial charge in [-0.15, -0.1) is 11.3 Å². The molecule has 1 N–H and O–H groups in total. The summed E-state index contributed by atoms with van der Waals surface area (Å²) >= 11 is 1.60. The van der Waals surface area contributed by atoms with Crippen LogP contribution in [0.3, 0.4) is 0 Å². The van der Waals surface area contributed by atoms with Crippen LogP contribution in [0.1, 0.15) is 19.3 Å². The molecule has 1 saturated heterocycles. The summed E-state index contributed by atoms with van der Waals surface area (Å²) in [7, 11) is 0. The van der Waals surface area contributed by atoms with E-state index in [1.807, 2.05) is 23.7 Å². The van der Waals surface area contributed by atoms with Gasteiger partial charge >= 0.3 is 0 Å². The van der Waals surface area contributed by atoms with Gasteiger partial charge in [-0.2, -0.15) is 0 Å². The van der Waals surface area contributed by atoms with Crippen LogP contribution in [0.2, 0.25) is 0 Å². The lowest BCUT2D eigenvalue weighted by Crippen LogP contribution is -2.23. The molecule has 3 rings (SSSR count). The van der Waals surface area contributed by atoms with Gasteiger partial charge in [-0.05, 0) is 37.0 Å². The Balaban J connectivity index is 1.61. The molecule has 1 aromatic heterocycles. The monoisotopic (exact) mass is 276 g/mol. The number of nitrogens with zero attached hydrogens (tertiary/aromatic N) is 1. The van der Waals surface area contributed by atoms with Crippen LogP contribution in [0.5, 0.6) is 0 Å². The highest BCUT2D eigenvalue weighted by Crippen LogP contribution is 2.22. The molecular formula is C14H16N2O2S. The van der Waals surface area contributed by atoms with Crippen molar-refractivity contribution in [2.24, 2.45) is 5.92 Å². The maximum atomic E-state index is 12.0. The van der Waals surface area contributed by atoms with Gasteiger partial charge in [0.1, 0.15) is 0 Å². The molecule has 0 saturated carbocycles. The maximum Gasteiger partial charge on any atom is 0.224 e. The Bertz CT molecular complexity index is 576. The molecule has 19 heavy (non-hydrogen) atoms. The molecule has 2 aromatic rings. The van der Waals surface area contributed by atoms with Crippen LogP contribution >= 0.6 is 11.3 Å². The van der Waals surface area contributed by atoms with E-state index in [9.17, 15) is 4.79 Å². The number of rotatable bonds is 3. The summed E-state index contributed by atoms with van der Waals surface area (Å²) in [5, 5.41) is 2.94. The number of thiazole rings is 1. The van der Waals surface area contributed by atoms with E-state index in [4.69, 9.17) is 4.74 Å². The number of ether oxygens (including phenoxy) is 1. The highest BCUT2D eigenvalue weighted by Gasteiger charge is 2.17. The van der Waals surface area contributed by atoms with Crippen LogP contribution < -0.4 is 5.32 Å². The number of carbonyl (C=O) groups excluding carboxylic acids is 1. The van der Waals surface area contributed by atoms with E-state index in [2.05, 4.69) is 10.3 Å². The van der Waals surface area contributed by atoms with Crippen LogP contribution in [0, 0.1) is 5.92 Å². The molecule has 1 aliphatic heterocycles. The summed E-state index contributed by atoms with van der Waals surface area (Å²) < 4.78 is 6.53. The lowest BCUT2D eigenvalue weighted by Gasteiger charge is -2.21. The fraction of sp³-hybridized carbons (Fsp3) is 0.429. The number of aromatic nitrogens is 1. The normalized spacial score (nSPS) is 19.5. The first-order valence-corrected chi connectivity index (χ1v) is 7.40. The Hall–Kier alpha value is -1.46. The van der Waals surface area contributed by atoms with Crippen molar-refractivity contribution in [1.29, 1.82) is 0 Å². The fourth-order valence-electron chi connectivity index (χ4n) is 2.38. The van der Waals surface area contributed by atoms with Crippen molar-refractivity contribution in [3.8, 4) is 0 Å². The first kappa shape index (κ1) is 12.6. The van der Waals surface area contributed by atoms with Crippen molar-refractivity contribution in [3.63, 3.8) is 0 Å². The van der Waals surface area contributed by atoms with Gasteiger partial charge in [0.15, 0.2) is 0 Å². The Kier molecular flexibility index (Phi) is 3.75. The zero-order valence-electron chi connectivity index (χ0n) is 10.6. The van der Waals surface area contributed by atoms with Gasteiger partial charge in [0, 0.05) is 25.3 Å². The third kappa shape index (κ3) is 3.11. The number of anilines is 1. The first-order chi connectivity index (χ1) is 9.31. The van der Waals surface area contributed by atoms with Gasteiger partial charge in [0.05, 0.1) is 15.7 Å². The number of nitrogens with one attached hydrogen (secondary N) is 1. The van der Waals surface area contributed by atoms with E-state index in [1.54, 1.807) is 11.3 Å². The van der Waals surface area contributed by atoms with Crippen molar-refractivity contribution in [2.45, 2.75) is 19.3 Å². The molecule has 0 radical (unpaired) electrons. The Morgan fingerprint density at radius 1 is 1.53 bits per heavy atom. The predicted octanol–water partition coefficient (Wildman–Crippen LogP) is 3.05. The molecule has 5 heteroatoms. The SMILES string of the molecule is O=C(CC1CCCOC1)Nc1ccc2scnc2c1. The molecule has 4 nitrogen and oxygen atoms in total. The van der Waals surface area contributed by atoms with Crippen molar-refractivity contribution in [3.05, 3.63) is 23.7 Å². The molecule has 1 unspecified atom stereocenters. The minimum Gasteiger partial charge on any atom is -0.381 e. The lowest BCUT2D eigenvalue weighted by atomic mass is 9.98. The second-order valence-electron chi connectivity index (χ2n) is 4.87. The molecule has 1 atom stereocenters.